The summed E-state index contributed by atoms with van der Waals surface area (Å²) in [5.41, 5.74) is 1.63. The van der Waals surface area contributed by atoms with E-state index >= 15 is 0 Å². The quantitative estimate of drug-likeness (QED) is 0.746. The van der Waals surface area contributed by atoms with Crippen molar-refractivity contribution in [3.63, 3.8) is 0 Å². The molecule has 2 aromatic heterocycles. The van der Waals surface area contributed by atoms with E-state index in [4.69, 9.17) is 11.6 Å². The SMILES string of the molecule is Cc1[nH]n(-c2cccc(Cl)c2)c(=O)c1C=Nn1cnnc1. The van der Waals surface area contributed by atoms with Crippen molar-refractivity contribution in [3.05, 3.63) is 63.6 Å². The third-order valence-electron chi connectivity index (χ3n) is 2.91. The van der Waals surface area contributed by atoms with Crippen molar-refractivity contribution in [2.24, 2.45) is 5.10 Å². The van der Waals surface area contributed by atoms with Gasteiger partial charge in [0.2, 0.25) is 0 Å². The van der Waals surface area contributed by atoms with E-state index in [1.54, 1.807) is 31.2 Å². The van der Waals surface area contributed by atoms with Crippen LogP contribution in [0.1, 0.15) is 11.3 Å². The van der Waals surface area contributed by atoms with Crippen LogP contribution in [0.3, 0.4) is 0 Å². The topological polar surface area (TPSA) is 80.9 Å². The number of aromatic nitrogens is 5. The summed E-state index contributed by atoms with van der Waals surface area (Å²) in [4.78, 5) is 12.4. The van der Waals surface area contributed by atoms with Crippen molar-refractivity contribution in [1.29, 1.82) is 0 Å². The highest BCUT2D eigenvalue weighted by Gasteiger charge is 2.10. The second-order valence-corrected chi connectivity index (χ2v) is 4.79. The number of aromatic amines is 1. The molecule has 1 aromatic carbocycles. The minimum absolute atomic E-state index is 0.202. The Labute approximate surface area is 124 Å². The van der Waals surface area contributed by atoms with Gasteiger partial charge in [-0.25, -0.2) is 9.36 Å². The van der Waals surface area contributed by atoms with Crippen molar-refractivity contribution in [2.75, 3.05) is 0 Å². The monoisotopic (exact) mass is 302 g/mol. The van der Waals surface area contributed by atoms with Crippen LogP contribution in [-0.4, -0.2) is 30.9 Å². The number of halogens is 1. The molecule has 0 aliphatic heterocycles. The minimum atomic E-state index is -0.202. The Bertz CT molecular complexity index is 846. The molecule has 0 atom stereocenters. The van der Waals surface area contributed by atoms with Crippen LogP contribution in [0, 0.1) is 6.92 Å². The summed E-state index contributed by atoms with van der Waals surface area (Å²) in [5.74, 6) is 0. The van der Waals surface area contributed by atoms with Gasteiger partial charge >= 0.3 is 0 Å². The number of benzene rings is 1. The second-order valence-electron chi connectivity index (χ2n) is 4.36. The highest BCUT2D eigenvalue weighted by atomic mass is 35.5. The first-order valence-corrected chi connectivity index (χ1v) is 6.49. The summed E-state index contributed by atoms with van der Waals surface area (Å²) in [6.07, 6.45) is 4.35. The summed E-state index contributed by atoms with van der Waals surface area (Å²) < 4.78 is 2.84. The molecule has 2 heterocycles. The van der Waals surface area contributed by atoms with Crippen LogP contribution in [0.15, 0.2) is 46.8 Å². The van der Waals surface area contributed by atoms with Crippen LogP contribution < -0.4 is 5.56 Å². The summed E-state index contributed by atoms with van der Waals surface area (Å²) in [7, 11) is 0. The number of nitrogens with one attached hydrogen (secondary N) is 1. The number of H-pyrrole nitrogens is 1. The predicted octanol–water partition coefficient (Wildman–Crippen LogP) is 1.60. The molecule has 3 aromatic rings. The van der Waals surface area contributed by atoms with Gasteiger partial charge in [0, 0.05) is 10.7 Å². The third-order valence-corrected chi connectivity index (χ3v) is 3.15. The molecule has 106 valence electrons. The van der Waals surface area contributed by atoms with Gasteiger partial charge in [-0.2, -0.15) is 5.10 Å². The van der Waals surface area contributed by atoms with Crippen molar-refractivity contribution in [3.8, 4) is 5.69 Å². The largest absolute Gasteiger partial charge is 0.295 e. The van der Waals surface area contributed by atoms with E-state index in [2.05, 4.69) is 20.4 Å². The molecule has 0 bridgehead atoms. The molecule has 7 nitrogen and oxygen atoms in total. The van der Waals surface area contributed by atoms with Gasteiger partial charge in [0.05, 0.1) is 17.5 Å². The summed E-state index contributed by atoms with van der Waals surface area (Å²) in [6, 6.07) is 7.04. The molecule has 0 spiro atoms. The average molecular weight is 303 g/mol. The highest BCUT2D eigenvalue weighted by Crippen LogP contribution is 2.13. The average Bonchev–Trinajstić information content (AvgIpc) is 3.06. The first-order valence-electron chi connectivity index (χ1n) is 6.11. The predicted molar refractivity (Wildman–Crippen MR) is 79.2 cm³/mol. The Hall–Kier alpha value is -2.67. The van der Waals surface area contributed by atoms with Gasteiger partial charge < -0.3 is 0 Å². The van der Waals surface area contributed by atoms with Crippen LogP contribution in [0.25, 0.3) is 5.69 Å². The molecule has 0 unspecified atom stereocenters. The number of rotatable bonds is 3. The molecule has 0 aliphatic carbocycles. The molecule has 0 amide bonds. The zero-order chi connectivity index (χ0) is 14.8. The Balaban J connectivity index is 2.03. The van der Waals surface area contributed by atoms with E-state index in [1.807, 2.05) is 0 Å². The number of aryl methyl sites for hydroxylation is 1. The smallest absolute Gasteiger partial charge is 0.280 e. The van der Waals surface area contributed by atoms with Gasteiger partial charge in [-0.05, 0) is 25.1 Å². The standard InChI is InChI=1S/C13H11ClN6O/c1-9-12(6-17-19-7-15-16-8-19)13(21)20(18-9)11-4-2-3-10(14)5-11/h2-8,18H,1H3. The number of hydrogen-bond acceptors (Lipinski definition) is 4. The van der Waals surface area contributed by atoms with Crippen LogP contribution in [-0.2, 0) is 0 Å². The van der Waals surface area contributed by atoms with Crippen LogP contribution >= 0.6 is 11.6 Å². The fourth-order valence-electron chi connectivity index (χ4n) is 1.89. The minimum Gasteiger partial charge on any atom is -0.295 e. The molecular formula is C13H11ClN6O. The van der Waals surface area contributed by atoms with Gasteiger partial charge in [0.15, 0.2) is 0 Å². The lowest BCUT2D eigenvalue weighted by atomic mass is 10.3. The molecular weight excluding hydrogens is 292 g/mol. The van der Waals surface area contributed by atoms with E-state index in [0.717, 1.165) is 0 Å². The fourth-order valence-corrected chi connectivity index (χ4v) is 2.07. The van der Waals surface area contributed by atoms with Gasteiger partial charge in [-0.15, -0.1) is 10.2 Å². The van der Waals surface area contributed by atoms with Crippen LogP contribution in [0.4, 0.5) is 0 Å². The normalized spacial score (nSPS) is 11.3. The summed E-state index contributed by atoms with van der Waals surface area (Å²) in [6.45, 7) is 1.80. The molecule has 1 N–H and O–H groups in total. The molecule has 0 saturated heterocycles. The van der Waals surface area contributed by atoms with Crippen LogP contribution in [0.5, 0.6) is 0 Å². The van der Waals surface area contributed by atoms with E-state index in [1.165, 1.54) is 28.2 Å². The van der Waals surface area contributed by atoms with Crippen molar-refractivity contribution < 1.29 is 0 Å². The van der Waals surface area contributed by atoms with Gasteiger partial charge in [0.25, 0.3) is 5.56 Å². The Kier molecular flexibility index (Phi) is 3.41. The lowest BCUT2D eigenvalue weighted by molar-refractivity contribution is 0.835. The lowest BCUT2D eigenvalue weighted by Gasteiger charge is -2.01. The molecule has 3 rings (SSSR count). The van der Waals surface area contributed by atoms with Gasteiger partial charge in [-0.3, -0.25) is 9.89 Å². The zero-order valence-corrected chi connectivity index (χ0v) is 11.8. The van der Waals surface area contributed by atoms with E-state index < -0.39 is 0 Å². The summed E-state index contributed by atoms with van der Waals surface area (Å²) in [5, 5.41) is 14.9. The van der Waals surface area contributed by atoms with Gasteiger partial charge in [0.1, 0.15) is 12.7 Å². The molecule has 8 heteroatoms. The Morgan fingerprint density at radius 2 is 2.10 bits per heavy atom. The third kappa shape index (κ3) is 2.63. The first-order chi connectivity index (χ1) is 10.1. The summed E-state index contributed by atoms with van der Waals surface area (Å²) >= 11 is 5.95. The highest BCUT2D eigenvalue weighted by molar-refractivity contribution is 6.30. The van der Waals surface area contributed by atoms with Gasteiger partial charge in [-0.1, -0.05) is 17.7 Å². The Morgan fingerprint density at radius 3 is 2.81 bits per heavy atom. The van der Waals surface area contributed by atoms with Crippen molar-refractivity contribution >= 4 is 17.8 Å². The number of nitrogens with zero attached hydrogens (tertiary/aromatic N) is 5. The first kappa shape index (κ1) is 13.3. The maximum absolute atomic E-state index is 12.4. The Morgan fingerprint density at radius 1 is 1.33 bits per heavy atom. The van der Waals surface area contributed by atoms with E-state index in [9.17, 15) is 4.79 Å². The van der Waals surface area contributed by atoms with Crippen LogP contribution in [0.2, 0.25) is 5.02 Å². The van der Waals surface area contributed by atoms with Crippen molar-refractivity contribution in [2.45, 2.75) is 6.92 Å². The molecule has 0 saturated carbocycles. The lowest BCUT2D eigenvalue weighted by Crippen LogP contribution is -2.17. The van der Waals surface area contributed by atoms with E-state index in [0.29, 0.717) is 22.0 Å². The fraction of sp³-hybridized carbons (Fsp3) is 0.0769. The number of hydrogen-bond donors (Lipinski definition) is 1. The molecule has 0 fully saturated rings. The maximum Gasteiger partial charge on any atom is 0.280 e. The van der Waals surface area contributed by atoms with Crippen molar-refractivity contribution in [1.82, 2.24) is 24.7 Å². The molecule has 0 radical (unpaired) electrons. The second kappa shape index (κ2) is 5.37. The zero-order valence-electron chi connectivity index (χ0n) is 11.1. The molecule has 0 aliphatic rings. The molecule has 21 heavy (non-hydrogen) atoms. The maximum atomic E-state index is 12.4. The van der Waals surface area contributed by atoms with E-state index in [-0.39, 0.29) is 5.56 Å².